The van der Waals surface area contributed by atoms with Crippen LogP contribution in [0.3, 0.4) is 0 Å². The van der Waals surface area contributed by atoms with Gasteiger partial charge >= 0.3 is 12.1 Å². The van der Waals surface area contributed by atoms with Crippen LogP contribution in [-0.2, 0) is 9.59 Å². The Morgan fingerprint density at radius 2 is 1.89 bits per heavy atom. The van der Waals surface area contributed by atoms with Gasteiger partial charge in [-0.15, -0.1) is 0 Å². The lowest BCUT2D eigenvalue weighted by Gasteiger charge is -2.31. The fourth-order valence-corrected chi connectivity index (χ4v) is 1.94. The van der Waals surface area contributed by atoms with Crippen LogP contribution in [0.15, 0.2) is 12.2 Å². The average molecular weight is 278 g/mol. The van der Waals surface area contributed by atoms with Crippen LogP contribution in [0.4, 0.5) is 13.2 Å². The number of hydrogen-bond donors (Lipinski definition) is 1. The van der Waals surface area contributed by atoms with E-state index in [0.717, 1.165) is 0 Å². The van der Waals surface area contributed by atoms with E-state index in [0.29, 0.717) is 25.9 Å². The van der Waals surface area contributed by atoms with Crippen molar-refractivity contribution >= 4 is 11.8 Å². The zero-order chi connectivity index (χ0) is 14.5. The standard InChI is InChI=1S/C12H17F3N2O2/c1-2-3-10(18)17-6-4-9(5-7-17)8-16-11(19)12(13,14)15/h2-3,9H,4-8H2,1H3,(H,16,19)/b3-2+. The van der Waals surface area contributed by atoms with Crippen molar-refractivity contribution in [2.45, 2.75) is 25.9 Å². The molecular weight excluding hydrogens is 261 g/mol. The normalized spacial score (nSPS) is 17.8. The summed E-state index contributed by atoms with van der Waals surface area (Å²) in [6.45, 7) is 2.77. The van der Waals surface area contributed by atoms with E-state index in [4.69, 9.17) is 0 Å². The Hall–Kier alpha value is -1.53. The van der Waals surface area contributed by atoms with Gasteiger partial charge in [-0.2, -0.15) is 13.2 Å². The van der Waals surface area contributed by atoms with Gasteiger partial charge in [0, 0.05) is 19.6 Å². The lowest BCUT2D eigenvalue weighted by molar-refractivity contribution is -0.173. The van der Waals surface area contributed by atoms with Crippen LogP contribution in [-0.4, -0.2) is 42.5 Å². The number of carbonyl (C=O) groups excluding carboxylic acids is 2. The molecule has 0 saturated carbocycles. The lowest BCUT2D eigenvalue weighted by Crippen LogP contribution is -2.43. The van der Waals surface area contributed by atoms with Crippen molar-refractivity contribution in [3.05, 3.63) is 12.2 Å². The molecule has 108 valence electrons. The Morgan fingerprint density at radius 3 is 2.37 bits per heavy atom. The summed E-state index contributed by atoms with van der Waals surface area (Å²) in [5.74, 6) is -2.00. The van der Waals surface area contributed by atoms with E-state index in [1.165, 1.54) is 6.08 Å². The van der Waals surface area contributed by atoms with E-state index in [9.17, 15) is 22.8 Å². The number of allylic oxidation sites excluding steroid dienone is 1. The lowest BCUT2D eigenvalue weighted by atomic mass is 9.96. The molecular formula is C12H17F3N2O2. The Labute approximate surface area is 109 Å². The molecule has 2 amide bonds. The minimum atomic E-state index is -4.83. The van der Waals surface area contributed by atoms with Crippen LogP contribution >= 0.6 is 0 Å². The van der Waals surface area contributed by atoms with E-state index in [1.54, 1.807) is 17.9 Å². The Morgan fingerprint density at radius 1 is 1.32 bits per heavy atom. The third kappa shape index (κ3) is 4.92. The van der Waals surface area contributed by atoms with Crippen LogP contribution in [0.1, 0.15) is 19.8 Å². The van der Waals surface area contributed by atoms with Gasteiger partial charge in [0.25, 0.3) is 0 Å². The molecule has 1 N–H and O–H groups in total. The number of likely N-dealkylation sites (tertiary alicyclic amines) is 1. The highest BCUT2D eigenvalue weighted by Crippen LogP contribution is 2.18. The number of amides is 2. The minimum Gasteiger partial charge on any atom is -0.348 e. The number of alkyl halides is 3. The maximum Gasteiger partial charge on any atom is 0.471 e. The van der Waals surface area contributed by atoms with Gasteiger partial charge < -0.3 is 10.2 Å². The van der Waals surface area contributed by atoms with E-state index in [-0.39, 0.29) is 18.4 Å². The SMILES string of the molecule is C/C=C/C(=O)N1CCC(CNC(=O)C(F)(F)F)CC1. The molecule has 1 aliphatic rings. The molecule has 0 aliphatic carbocycles. The van der Waals surface area contributed by atoms with Crippen molar-refractivity contribution in [3.8, 4) is 0 Å². The van der Waals surface area contributed by atoms with Crippen LogP contribution < -0.4 is 5.32 Å². The Balaban J connectivity index is 2.31. The van der Waals surface area contributed by atoms with E-state index < -0.39 is 12.1 Å². The zero-order valence-electron chi connectivity index (χ0n) is 10.7. The number of carbonyl (C=O) groups is 2. The van der Waals surface area contributed by atoms with E-state index in [2.05, 4.69) is 0 Å². The van der Waals surface area contributed by atoms with Crippen molar-refractivity contribution in [1.29, 1.82) is 0 Å². The fraction of sp³-hybridized carbons (Fsp3) is 0.667. The van der Waals surface area contributed by atoms with Gasteiger partial charge in [0.05, 0.1) is 0 Å². The van der Waals surface area contributed by atoms with E-state index in [1.807, 2.05) is 5.32 Å². The monoisotopic (exact) mass is 278 g/mol. The summed E-state index contributed by atoms with van der Waals surface area (Å²) < 4.78 is 36.0. The molecule has 1 fully saturated rings. The van der Waals surface area contributed by atoms with Crippen LogP contribution in [0, 0.1) is 5.92 Å². The van der Waals surface area contributed by atoms with Gasteiger partial charge in [-0.3, -0.25) is 9.59 Å². The molecule has 1 rings (SSSR count). The first-order chi connectivity index (χ1) is 8.84. The number of nitrogens with one attached hydrogen (secondary N) is 1. The second kappa shape index (κ2) is 6.58. The second-order valence-electron chi connectivity index (χ2n) is 4.48. The molecule has 0 aromatic rings. The molecule has 0 aromatic carbocycles. The summed E-state index contributed by atoms with van der Waals surface area (Å²) in [6.07, 6.45) is -0.519. The van der Waals surface area contributed by atoms with Crippen LogP contribution in [0.5, 0.6) is 0 Å². The van der Waals surface area contributed by atoms with Crippen LogP contribution in [0.25, 0.3) is 0 Å². The number of nitrogens with zero attached hydrogens (tertiary/aromatic N) is 1. The molecule has 0 aromatic heterocycles. The quantitative estimate of drug-likeness (QED) is 0.795. The highest BCUT2D eigenvalue weighted by molar-refractivity contribution is 5.87. The molecule has 1 heterocycles. The van der Waals surface area contributed by atoms with Crippen molar-refractivity contribution in [2.24, 2.45) is 5.92 Å². The summed E-state index contributed by atoms with van der Waals surface area (Å²) in [6, 6.07) is 0. The topological polar surface area (TPSA) is 49.4 Å². The van der Waals surface area contributed by atoms with Crippen LogP contribution in [0.2, 0.25) is 0 Å². The van der Waals surface area contributed by atoms with E-state index >= 15 is 0 Å². The van der Waals surface area contributed by atoms with Crippen molar-refractivity contribution in [2.75, 3.05) is 19.6 Å². The molecule has 4 nitrogen and oxygen atoms in total. The number of piperidine rings is 1. The zero-order valence-corrected chi connectivity index (χ0v) is 10.7. The molecule has 1 aliphatic heterocycles. The van der Waals surface area contributed by atoms with Gasteiger partial charge in [-0.1, -0.05) is 6.08 Å². The third-order valence-corrected chi connectivity index (χ3v) is 3.04. The number of hydrogen-bond acceptors (Lipinski definition) is 2. The molecule has 0 atom stereocenters. The first-order valence-corrected chi connectivity index (χ1v) is 6.11. The van der Waals surface area contributed by atoms with Crippen molar-refractivity contribution in [1.82, 2.24) is 10.2 Å². The molecule has 1 saturated heterocycles. The summed E-state index contributed by atoms with van der Waals surface area (Å²) in [5, 5.41) is 1.88. The summed E-state index contributed by atoms with van der Waals surface area (Å²) in [4.78, 5) is 23.8. The van der Waals surface area contributed by atoms with Crippen molar-refractivity contribution in [3.63, 3.8) is 0 Å². The average Bonchev–Trinajstić information content (AvgIpc) is 2.35. The largest absolute Gasteiger partial charge is 0.471 e. The van der Waals surface area contributed by atoms with Gasteiger partial charge in [0.2, 0.25) is 5.91 Å². The smallest absolute Gasteiger partial charge is 0.348 e. The molecule has 7 heteroatoms. The highest BCUT2D eigenvalue weighted by atomic mass is 19.4. The maximum atomic E-state index is 12.0. The molecule has 0 radical (unpaired) electrons. The minimum absolute atomic E-state index is 0.00396. The molecule has 0 unspecified atom stereocenters. The van der Waals surface area contributed by atoms with Gasteiger partial charge in [0.1, 0.15) is 0 Å². The molecule has 0 bridgehead atoms. The van der Waals surface area contributed by atoms with Crippen molar-refractivity contribution < 1.29 is 22.8 Å². The Kier molecular flexibility index (Phi) is 5.38. The van der Waals surface area contributed by atoms with Gasteiger partial charge in [0.15, 0.2) is 0 Å². The van der Waals surface area contributed by atoms with Gasteiger partial charge in [-0.05, 0) is 31.8 Å². The summed E-state index contributed by atoms with van der Waals surface area (Å²) in [5.41, 5.74) is 0. The first kappa shape index (κ1) is 15.5. The number of halogens is 3. The third-order valence-electron chi connectivity index (χ3n) is 3.04. The fourth-order valence-electron chi connectivity index (χ4n) is 1.94. The first-order valence-electron chi connectivity index (χ1n) is 6.11. The Bertz CT molecular complexity index is 358. The predicted octanol–water partition coefficient (Wildman–Crippen LogP) is 1.48. The second-order valence-corrected chi connectivity index (χ2v) is 4.48. The summed E-state index contributed by atoms with van der Waals surface area (Å²) in [7, 11) is 0. The predicted molar refractivity (Wildman–Crippen MR) is 63.2 cm³/mol. The molecule has 0 spiro atoms. The molecule has 19 heavy (non-hydrogen) atoms. The maximum absolute atomic E-state index is 12.0. The van der Waals surface area contributed by atoms with Gasteiger partial charge in [-0.25, -0.2) is 0 Å². The number of rotatable bonds is 3. The summed E-state index contributed by atoms with van der Waals surface area (Å²) >= 11 is 0. The highest BCUT2D eigenvalue weighted by Gasteiger charge is 2.38.